The van der Waals surface area contributed by atoms with Gasteiger partial charge in [0.25, 0.3) is 10.0 Å². The van der Waals surface area contributed by atoms with Crippen molar-refractivity contribution in [2.24, 2.45) is 0 Å². The molecule has 110 valence electrons. The zero-order valence-corrected chi connectivity index (χ0v) is 12.4. The Bertz CT molecular complexity index is 578. The third-order valence-electron chi connectivity index (χ3n) is 3.55. The minimum absolute atomic E-state index is 0.0795. The average molecular weight is 296 g/mol. The fourth-order valence-corrected chi connectivity index (χ4v) is 3.66. The van der Waals surface area contributed by atoms with Gasteiger partial charge < -0.3 is 5.32 Å². The molecule has 1 aromatic rings. The van der Waals surface area contributed by atoms with Crippen molar-refractivity contribution in [2.75, 3.05) is 0 Å². The molecule has 1 saturated carbocycles. The van der Waals surface area contributed by atoms with E-state index >= 15 is 0 Å². The molecule has 1 aliphatic carbocycles. The van der Waals surface area contributed by atoms with Crippen molar-refractivity contribution in [3.05, 3.63) is 29.8 Å². The molecule has 0 aromatic heterocycles. The highest BCUT2D eigenvalue weighted by molar-refractivity contribution is 7.90. The van der Waals surface area contributed by atoms with E-state index < -0.39 is 16.1 Å². The smallest absolute Gasteiger partial charge is 0.328 e. The molecule has 0 spiro atoms. The monoisotopic (exact) mass is 296 g/mol. The van der Waals surface area contributed by atoms with E-state index in [1.807, 2.05) is 0 Å². The Morgan fingerprint density at radius 3 is 2.45 bits per heavy atom. The standard InChI is InChI=1S/C14H20N2O3S/c1-11-7-5-6-10-13(11)20(18,19)16-14(17)15-12-8-3-2-4-9-12/h5-7,10,12H,2-4,8-9H2,1H3,(H2,15,16,17). The number of carbonyl (C=O) groups is 1. The third-order valence-corrected chi connectivity index (χ3v) is 5.04. The van der Waals surface area contributed by atoms with Crippen LogP contribution in [0.4, 0.5) is 4.79 Å². The number of urea groups is 1. The number of benzene rings is 1. The maximum Gasteiger partial charge on any atom is 0.328 e. The van der Waals surface area contributed by atoms with Crippen LogP contribution in [0, 0.1) is 6.92 Å². The van der Waals surface area contributed by atoms with Gasteiger partial charge in [0.05, 0.1) is 4.90 Å². The summed E-state index contributed by atoms with van der Waals surface area (Å²) in [6.45, 7) is 1.70. The van der Waals surface area contributed by atoms with E-state index in [4.69, 9.17) is 0 Å². The molecule has 20 heavy (non-hydrogen) atoms. The van der Waals surface area contributed by atoms with Gasteiger partial charge in [-0.15, -0.1) is 0 Å². The number of amides is 2. The maximum atomic E-state index is 12.1. The number of nitrogens with one attached hydrogen (secondary N) is 2. The molecule has 0 radical (unpaired) electrons. The SMILES string of the molecule is Cc1ccccc1S(=O)(=O)NC(=O)NC1CCCCC1. The molecule has 2 N–H and O–H groups in total. The zero-order valence-electron chi connectivity index (χ0n) is 11.6. The fraction of sp³-hybridized carbons (Fsp3) is 0.500. The van der Waals surface area contributed by atoms with E-state index in [-0.39, 0.29) is 10.9 Å². The predicted octanol–water partition coefficient (Wildman–Crippen LogP) is 2.32. The van der Waals surface area contributed by atoms with Gasteiger partial charge in [0, 0.05) is 6.04 Å². The Morgan fingerprint density at radius 2 is 1.80 bits per heavy atom. The summed E-state index contributed by atoms with van der Waals surface area (Å²) in [6, 6.07) is 6.03. The molecule has 6 heteroatoms. The molecule has 1 aliphatic rings. The Balaban J connectivity index is 2.01. The van der Waals surface area contributed by atoms with Crippen LogP contribution < -0.4 is 10.0 Å². The largest absolute Gasteiger partial charge is 0.335 e. The van der Waals surface area contributed by atoms with Crippen LogP contribution in [0.2, 0.25) is 0 Å². The lowest BCUT2D eigenvalue weighted by Crippen LogP contribution is -2.45. The normalized spacial score (nSPS) is 16.6. The van der Waals surface area contributed by atoms with Crippen molar-refractivity contribution in [3.63, 3.8) is 0 Å². The summed E-state index contributed by atoms with van der Waals surface area (Å²) in [6.07, 6.45) is 5.17. The Kier molecular flexibility index (Phi) is 4.65. The van der Waals surface area contributed by atoms with Crippen LogP contribution in [-0.4, -0.2) is 20.5 Å². The lowest BCUT2D eigenvalue weighted by Gasteiger charge is -2.22. The molecule has 2 amide bonds. The lowest BCUT2D eigenvalue weighted by atomic mass is 9.96. The first-order valence-corrected chi connectivity index (χ1v) is 8.36. The van der Waals surface area contributed by atoms with Gasteiger partial charge in [-0.2, -0.15) is 0 Å². The second-order valence-electron chi connectivity index (χ2n) is 5.18. The zero-order chi connectivity index (χ0) is 14.6. The molecule has 0 saturated heterocycles. The van der Waals surface area contributed by atoms with Crippen molar-refractivity contribution in [3.8, 4) is 0 Å². The summed E-state index contributed by atoms with van der Waals surface area (Å²) in [7, 11) is -3.80. The number of sulfonamides is 1. The van der Waals surface area contributed by atoms with Crippen LogP contribution in [0.25, 0.3) is 0 Å². The summed E-state index contributed by atoms with van der Waals surface area (Å²) in [4.78, 5) is 11.9. The number of rotatable bonds is 3. The average Bonchev–Trinajstić information content (AvgIpc) is 2.39. The fourth-order valence-electron chi connectivity index (χ4n) is 2.50. The molecular weight excluding hydrogens is 276 g/mol. The van der Waals surface area contributed by atoms with Gasteiger partial charge in [-0.3, -0.25) is 0 Å². The van der Waals surface area contributed by atoms with E-state index in [1.54, 1.807) is 25.1 Å². The number of hydrogen-bond donors (Lipinski definition) is 2. The van der Waals surface area contributed by atoms with Gasteiger partial charge in [0.1, 0.15) is 0 Å². The van der Waals surface area contributed by atoms with Crippen LogP contribution in [0.15, 0.2) is 29.2 Å². The van der Waals surface area contributed by atoms with Crippen molar-refractivity contribution < 1.29 is 13.2 Å². The van der Waals surface area contributed by atoms with Crippen LogP contribution >= 0.6 is 0 Å². The van der Waals surface area contributed by atoms with Gasteiger partial charge >= 0.3 is 6.03 Å². The first-order valence-electron chi connectivity index (χ1n) is 6.88. The predicted molar refractivity (Wildman–Crippen MR) is 76.9 cm³/mol. The van der Waals surface area contributed by atoms with E-state index in [2.05, 4.69) is 10.0 Å². The highest BCUT2D eigenvalue weighted by atomic mass is 32.2. The minimum atomic E-state index is -3.80. The van der Waals surface area contributed by atoms with E-state index in [0.717, 1.165) is 25.7 Å². The lowest BCUT2D eigenvalue weighted by molar-refractivity contribution is 0.237. The molecule has 0 unspecified atom stereocenters. The third kappa shape index (κ3) is 3.72. The van der Waals surface area contributed by atoms with Gasteiger partial charge in [0.2, 0.25) is 0 Å². The second kappa shape index (κ2) is 6.26. The molecule has 0 atom stereocenters. The van der Waals surface area contributed by atoms with E-state index in [0.29, 0.717) is 5.56 Å². The minimum Gasteiger partial charge on any atom is -0.335 e. The van der Waals surface area contributed by atoms with Gasteiger partial charge in [0.15, 0.2) is 0 Å². The van der Waals surface area contributed by atoms with Gasteiger partial charge in [-0.1, -0.05) is 37.5 Å². The first-order chi connectivity index (χ1) is 9.49. The first kappa shape index (κ1) is 14.8. The summed E-state index contributed by atoms with van der Waals surface area (Å²) < 4.78 is 26.3. The molecule has 0 heterocycles. The molecule has 1 fully saturated rings. The highest BCUT2D eigenvalue weighted by Gasteiger charge is 2.22. The van der Waals surface area contributed by atoms with E-state index in [1.165, 1.54) is 12.5 Å². The summed E-state index contributed by atoms with van der Waals surface area (Å²) >= 11 is 0. The van der Waals surface area contributed by atoms with Crippen molar-refractivity contribution in [2.45, 2.75) is 50.0 Å². The summed E-state index contributed by atoms with van der Waals surface area (Å²) in [5.74, 6) is 0. The maximum absolute atomic E-state index is 12.1. The molecule has 1 aromatic carbocycles. The van der Waals surface area contributed by atoms with Gasteiger partial charge in [-0.25, -0.2) is 17.9 Å². The number of carbonyl (C=O) groups excluding carboxylic acids is 1. The van der Waals surface area contributed by atoms with Crippen LogP contribution in [0.1, 0.15) is 37.7 Å². The summed E-state index contributed by atoms with van der Waals surface area (Å²) in [5, 5.41) is 2.73. The topological polar surface area (TPSA) is 75.3 Å². The Hall–Kier alpha value is -1.56. The second-order valence-corrected chi connectivity index (χ2v) is 6.83. The molecule has 0 bridgehead atoms. The Morgan fingerprint density at radius 1 is 1.15 bits per heavy atom. The molecule has 5 nitrogen and oxygen atoms in total. The number of aryl methyl sites for hydroxylation is 1. The summed E-state index contributed by atoms with van der Waals surface area (Å²) in [5.41, 5.74) is 0.616. The van der Waals surface area contributed by atoms with Gasteiger partial charge in [-0.05, 0) is 31.4 Å². The molecule has 2 rings (SSSR count). The van der Waals surface area contributed by atoms with E-state index in [9.17, 15) is 13.2 Å². The quantitative estimate of drug-likeness (QED) is 0.898. The van der Waals surface area contributed by atoms with Crippen molar-refractivity contribution in [1.29, 1.82) is 0 Å². The van der Waals surface area contributed by atoms with Crippen molar-refractivity contribution >= 4 is 16.1 Å². The van der Waals surface area contributed by atoms with Crippen LogP contribution in [0.5, 0.6) is 0 Å². The van der Waals surface area contributed by atoms with Crippen LogP contribution in [-0.2, 0) is 10.0 Å². The van der Waals surface area contributed by atoms with Crippen LogP contribution in [0.3, 0.4) is 0 Å². The highest BCUT2D eigenvalue weighted by Crippen LogP contribution is 2.17. The Labute approximate surface area is 119 Å². The van der Waals surface area contributed by atoms with Crippen molar-refractivity contribution in [1.82, 2.24) is 10.0 Å². The molecular formula is C14H20N2O3S. The number of hydrogen-bond acceptors (Lipinski definition) is 3. The molecule has 0 aliphatic heterocycles.